The summed E-state index contributed by atoms with van der Waals surface area (Å²) >= 11 is 0. The molecule has 2 aromatic rings. The summed E-state index contributed by atoms with van der Waals surface area (Å²) in [5.74, 6) is 1.14. The van der Waals surface area contributed by atoms with E-state index >= 15 is 0 Å². The predicted molar refractivity (Wildman–Crippen MR) is 87.0 cm³/mol. The summed E-state index contributed by atoms with van der Waals surface area (Å²) < 4.78 is 5.49. The maximum Gasteiger partial charge on any atom is 0.254 e. The van der Waals surface area contributed by atoms with Crippen LogP contribution in [-0.2, 0) is 5.54 Å². The van der Waals surface area contributed by atoms with Gasteiger partial charge in [0, 0.05) is 18.0 Å². The van der Waals surface area contributed by atoms with Crippen molar-refractivity contribution in [2.75, 3.05) is 6.54 Å². The first-order valence-electron chi connectivity index (χ1n) is 7.90. The Labute approximate surface area is 136 Å². The molecule has 0 saturated carbocycles. The van der Waals surface area contributed by atoms with Gasteiger partial charge in [-0.15, -0.1) is 6.58 Å². The molecule has 2 heterocycles. The second-order valence-corrected chi connectivity index (χ2v) is 6.18. The van der Waals surface area contributed by atoms with E-state index in [0.717, 1.165) is 12.8 Å². The molecule has 1 saturated heterocycles. The molecule has 5 heteroatoms. The van der Waals surface area contributed by atoms with Crippen LogP contribution in [0.2, 0.25) is 0 Å². The zero-order valence-corrected chi connectivity index (χ0v) is 13.5. The number of benzene rings is 1. The van der Waals surface area contributed by atoms with E-state index in [9.17, 15) is 4.79 Å². The highest BCUT2D eigenvalue weighted by Gasteiger charge is 2.45. The van der Waals surface area contributed by atoms with Crippen molar-refractivity contribution in [1.29, 1.82) is 0 Å². The minimum atomic E-state index is -0.556. The Kier molecular flexibility index (Phi) is 4.03. The lowest BCUT2D eigenvalue weighted by molar-refractivity contribution is 0.0551. The van der Waals surface area contributed by atoms with E-state index in [2.05, 4.69) is 16.7 Å². The third-order valence-corrected chi connectivity index (χ3v) is 4.57. The summed E-state index contributed by atoms with van der Waals surface area (Å²) in [6, 6.07) is 9.32. The van der Waals surface area contributed by atoms with Crippen LogP contribution < -0.4 is 0 Å². The molecule has 1 aliphatic rings. The normalized spacial score (nSPS) is 22.1. The Morgan fingerprint density at radius 3 is 2.87 bits per heavy atom. The summed E-state index contributed by atoms with van der Waals surface area (Å²) in [5, 5.41) is 4.05. The Balaban J connectivity index is 1.92. The van der Waals surface area contributed by atoms with E-state index < -0.39 is 5.54 Å². The lowest BCUT2D eigenvalue weighted by atomic mass is 9.98. The van der Waals surface area contributed by atoms with Crippen molar-refractivity contribution in [3.8, 4) is 0 Å². The molecule has 3 rings (SSSR count). The van der Waals surface area contributed by atoms with Gasteiger partial charge < -0.3 is 9.42 Å². The average molecular weight is 311 g/mol. The van der Waals surface area contributed by atoms with Crippen LogP contribution in [0.25, 0.3) is 0 Å². The molecule has 1 amide bonds. The van der Waals surface area contributed by atoms with Crippen molar-refractivity contribution in [2.24, 2.45) is 0 Å². The van der Waals surface area contributed by atoms with E-state index in [4.69, 9.17) is 4.52 Å². The lowest BCUT2D eigenvalue weighted by Gasteiger charge is -2.32. The van der Waals surface area contributed by atoms with Crippen molar-refractivity contribution >= 4 is 5.91 Å². The molecule has 23 heavy (non-hydrogen) atoms. The lowest BCUT2D eigenvalue weighted by Crippen LogP contribution is -2.43. The van der Waals surface area contributed by atoms with Crippen molar-refractivity contribution in [3.63, 3.8) is 0 Å². The number of likely N-dealkylation sites (tertiary alicyclic amines) is 1. The molecule has 1 aromatic heterocycles. The fraction of sp³-hybridized carbons (Fsp3) is 0.389. The van der Waals surface area contributed by atoms with Gasteiger partial charge in [0.25, 0.3) is 11.8 Å². The molecule has 0 radical (unpaired) electrons. The Hall–Kier alpha value is -2.43. The minimum absolute atomic E-state index is 0.00196. The zero-order chi connectivity index (χ0) is 16.4. The van der Waals surface area contributed by atoms with E-state index in [1.807, 2.05) is 49.1 Å². The van der Waals surface area contributed by atoms with Crippen LogP contribution in [0.15, 0.2) is 47.5 Å². The summed E-state index contributed by atoms with van der Waals surface area (Å²) in [6.07, 6.45) is 3.51. The van der Waals surface area contributed by atoms with Crippen molar-refractivity contribution in [2.45, 2.75) is 38.1 Å². The van der Waals surface area contributed by atoms with Crippen molar-refractivity contribution in [3.05, 3.63) is 60.3 Å². The standard InChI is InChI=1S/C18H21N3O2/c1-4-13(2)15-19-17(23-20-15)18(3)11-8-12-21(18)16(22)14-9-6-5-7-10-14/h4-7,9-10,13H,1,8,11-12H2,2-3H3. The fourth-order valence-corrected chi connectivity index (χ4v) is 2.99. The first kappa shape index (κ1) is 15.5. The number of nitrogens with zero attached hydrogens (tertiary/aromatic N) is 3. The van der Waals surface area contributed by atoms with Gasteiger partial charge in [0.2, 0.25) is 0 Å². The number of rotatable bonds is 4. The first-order valence-corrected chi connectivity index (χ1v) is 7.90. The van der Waals surface area contributed by atoms with Crippen LogP contribution >= 0.6 is 0 Å². The second-order valence-electron chi connectivity index (χ2n) is 6.18. The van der Waals surface area contributed by atoms with E-state index in [-0.39, 0.29) is 11.8 Å². The highest BCUT2D eigenvalue weighted by atomic mass is 16.5. The van der Waals surface area contributed by atoms with Crippen LogP contribution in [0.5, 0.6) is 0 Å². The molecule has 2 unspecified atom stereocenters. The molecule has 2 atom stereocenters. The topological polar surface area (TPSA) is 59.2 Å². The van der Waals surface area contributed by atoms with E-state index in [1.54, 1.807) is 6.08 Å². The smallest absolute Gasteiger partial charge is 0.254 e. The fourth-order valence-electron chi connectivity index (χ4n) is 2.99. The average Bonchev–Trinajstić information content (AvgIpc) is 3.22. The maximum absolute atomic E-state index is 12.9. The third-order valence-electron chi connectivity index (χ3n) is 4.57. The Morgan fingerprint density at radius 1 is 1.43 bits per heavy atom. The van der Waals surface area contributed by atoms with Crippen LogP contribution in [0.1, 0.15) is 54.7 Å². The van der Waals surface area contributed by atoms with Crippen LogP contribution in [0.3, 0.4) is 0 Å². The van der Waals surface area contributed by atoms with Gasteiger partial charge in [-0.3, -0.25) is 4.79 Å². The molecule has 0 aliphatic carbocycles. The highest BCUT2D eigenvalue weighted by molar-refractivity contribution is 5.94. The SMILES string of the molecule is C=CC(C)c1noc(C2(C)CCCN2C(=O)c2ccccc2)n1. The third kappa shape index (κ3) is 2.67. The molecular weight excluding hydrogens is 290 g/mol. The van der Waals surface area contributed by atoms with Gasteiger partial charge >= 0.3 is 0 Å². The van der Waals surface area contributed by atoms with Gasteiger partial charge in [0.1, 0.15) is 5.54 Å². The number of carbonyl (C=O) groups excluding carboxylic acids is 1. The number of hydrogen-bond acceptors (Lipinski definition) is 4. The predicted octanol–water partition coefficient (Wildman–Crippen LogP) is 3.51. The van der Waals surface area contributed by atoms with Crippen LogP contribution in [0.4, 0.5) is 0 Å². The Morgan fingerprint density at radius 2 is 2.17 bits per heavy atom. The van der Waals surface area contributed by atoms with E-state index in [0.29, 0.717) is 23.8 Å². The van der Waals surface area contributed by atoms with Gasteiger partial charge in [-0.2, -0.15) is 4.98 Å². The number of carbonyl (C=O) groups is 1. The van der Waals surface area contributed by atoms with Crippen LogP contribution in [-0.4, -0.2) is 27.5 Å². The van der Waals surface area contributed by atoms with Crippen molar-refractivity contribution in [1.82, 2.24) is 15.0 Å². The molecule has 1 fully saturated rings. The summed E-state index contributed by atoms with van der Waals surface area (Å²) in [6.45, 7) is 8.41. The first-order chi connectivity index (χ1) is 11.1. The molecule has 0 N–H and O–H groups in total. The largest absolute Gasteiger partial charge is 0.337 e. The van der Waals surface area contributed by atoms with Gasteiger partial charge in [-0.05, 0) is 31.9 Å². The highest BCUT2D eigenvalue weighted by Crippen LogP contribution is 2.39. The molecular formula is C18H21N3O2. The summed E-state index contributed by atoms with van der Waals surface area (Å²) in [4.78, 5) is 19.2. The second kappa shape index (κ2) is 5.99. The Bertz CT molecular complexity index is 710. The molecule has 5 nitrogen and oxygen atoms in total. The van der Waals surface area contributed by atoms with Gasteiger partial charge in [-0.25, -0.2) is 0 Å². The summed E-state index contributed by atoms with van der Waals surface area (Å²) in [7, 11) is 0. The number of aromatic nitrogens is 2. The zero-order valence-electron chi connectivity index (χ0n) is 13.5. The number of amides is 1. The van der Waals surface area contributed by atoms with E-state index in [1.165, 1.54) is 0 Å². The minimum Gasteiger partial charge on any atom is -0.337 e. The van der Waals surface area contributed by atoms with Gasteiger partial charge in [-0.1, -0.05) is 36.4 Å². The summed E-state index contributed by atoms with van der Waals surface area (Å²) in [5.41, 5.74) is 0.124. The molecule has 1 aliphatic heterocycles. The monoisotopic (exact) mass is 311 g/mol. The quantitative estimate of drug-likeness (QED) is 0.811. The molecule has 1 aromatic carbocycles. The van der Waals surface area contributed by atoms with Gasteiger partial charge in [0.15, 0.2) is 5.82 Å². The van der Waals surface area contributed by atoms with Gasteiger partial charge in [0.05, 0.1) is 0 Å². The van der Waals surface area contributed by atoms with Crippen molar-refractivity contribution < 1.29 is 9.32 Å². The molecule has 0 spiro atoms. The van der Waals surface area contributed by atoms with Crippen LogP contribution in [0, 0.1) is 0 Å². The molecule has 120 valence electrons. The maximum atomic E-state index is 12.9. The number of allylic oxidation sites excluding steroid dienone is 1. The number of hydrogen-bond donors (Lipinski definition) is 0. The molecule has 0 bridgehead atoms.